The molecule has 0 saturated carbocycles. The second-order valence-electron chi connectivity index (χ2n) is 2.32. The second-order valence-corrected chi connectivity index (χ2v) is 2.32. The van der Waals surface area contributed by atoms with E-state index in [2.05, 4.69) is 0 Å². The normalized spacial score (nSPS) is 17.6. The third-order valence-electron chi connectivity index (χ3n) is 1.51. The molecule has 0 aliphatic heterocycles. The Kier molecular flexibility index (Phi) is 1.89. The van der Waals surface area contributed by atoms with E-state index < -0.39 is 0 Å². The van der Waals surface area contributed by atoms with Crippen LogP contribution in [0.2, 0.25) is 0 Å². The Bertz CT molecular complexity index is 274. The molecule has 1 N–H and O–H groups in total. The average molecular weight is 151 g/mol. The van der Waals surface area contributed by atoms with Gasteiger partial charge < -0.3 is 4.74 Å². The number of nitrogens with one attached hydrogen (secondary N) is 1. The Morgan fingerprint density at radius 2 is 2.09 bits per heavy atom. The number of hydrogen-bond acceptors (Lipinski definition) is 3. The number of ether oxygens (including phenoxy) is 1. The van der Waals surface area contributed by atoms with Crippen LogP contribution in [0.25, 0.3) is 0 Å². The molecule has 0 aromatic carbocycles. The van der Waals surface area contributed by atoms with Gasteiger partial charge in [0, 0.05) is 6.08 Å². The maximum absolute atomic E-state index is 11.0. The van der Waals surface area contributed by atoms with Crippen LogP contribution in [0.1, 0.15) is 6.92 Å². The van der Waals surface area contributed by atoms with Crippen LogP contribution < -0.4 is 0 Å². The summed E-state index contributed by atoms with van der Waals surface area (Å²) in [5, 5.41) is 7.25. The maximum atomic E-state index is 11.0. The third-order valence-corrected chi connectivity index (χ3v) is 1.51. The summed E-state index contributed by atoms with van der Waals surface area (Å²) in [5.41, 5.74) is 0.695. The molecule has 0 spiro atoms. The number of carbonyl (C=O) groups is 1. The van der Waals surface area contributed by atoms with E-state index in [1.807, 2.05) is 0 Å². The summed E-state index contributed by atoms with van der Waals surface area (Å²) in [5.74, 6) is 0.227. The molecule has 0 unspecified atom stereocenters. The van der Waals surface area contributed by atoms with Crippen molar-refractivity contribution in [2.45, 2.75) is 6.92 Å². The smallest absolute Gasteiger partial charge is 0.207 e. The van der Waals surface area contributed by atoms with Gasteiger partial charge in [-0.2, -0.15) is 0 Å². The summed E-state index contributed by atoms with van der Waals surface area (Å²) >= 11 is 0. The van der Waals surface area contributed by atoms with Crippen molar-refractivity contribution in [1.82, 2.24) is 0 Å². The minimum absolute atomic E-state index is 0.0470. The fraction of sp³-hybridized carbons (Fsp3) is 0.250. The quantitative estimate of drug-likeness (QED) is 0.570. The fourth-order valence-corrected chi connectivity index (χ4v) is 0.841. The Morgan fingerprint density at radius 3 is 2.55 bits per heavy atom. The molecule has 1 aliphatic rings. The molecule has 1 rings (SSSR count). The van der Waals surface area contributed by atoms with Crippen molar-refractivity contribution in [3.8, 4) is 0 Å². The van der Waals surface area contributed by atoms with Crippen LogP contribution in [-0.2, 0) is 9.53 Å². The molecule has 0 saturated heterocycles. The molecule has 0 radical (unpaired) electrons. The molecule has 0 aromatic heterocycles. The average Bonchev–Trinajstić information content (AvgIpc) is 1.99. The van der Waals surface area contributed by atoms with Crippen LogP contribution in [0.3, 0.4) is 0 Å². The summed E-state index contributed by atoms with van der Waals surface area (Å²) in [6.07, 6.45) is 2.99. The van der Waals surface area contributed by atoms with E-state index in [1.165, 1.54) is 13.2 Å². The Hall–Kier alpha value is -1.38. The first-order valence-corrected chi connectivity index (χ1v) is 3.22. The first kappa shape index (κ1) is 7.72. The molecular formula is C8H9NO2. The number of hydrogen-bond donors (Lipinski definition) is 1. The van der Waals surface area contributed by atoms with Gasteiger partial charge in [0.2, 0.25) is 5.78 Å². The van der Waals surface area contributed by atoms with Gasteiger partial charge in [0.15, 0.2) is 0 Å². The molecule has 0 aromatic rings. The molecule has 0 heterocycles. The van der Waals surface area contributed by atoms with E-state index in [0.717, 1.165) is 0 Å². The van der Waals surface area contributed by atoms with Crippen LogP contribution in [0.15, 0.2) is 23.5 Å². The second kappa shape index (κ2) is 2.70. The number of ketones is 1. The van der Waals surface area contributed by atoms with Gasteiger partial charge >= 0.3 is 0 Å². The predicted octanol–water partition coefficient (Wildman–Crippen LogP) is 1.07. The lowest BCUT2D eigenvalue weighted by Gasteiger charge is -2.08. The van der Waals surface area contributed by atoms with E-state index in [-0.39, 0.29) is 11.5 Å². The fourth-order valence-electron chi connectivity index (χ4n) is 0.841. The monoisotopic (exact) mass is 151 g/mol. The highest BCUT2D eigenvalue weighted by Gasteiger charge is 2.15. The Balaban J connectivity index is 3.00. The zero-order chi connectivity index (χ0) is 8.43. The largest absolute Gasteiger partial charge is 0.497 e. The summed E-state index contributed by atoms with van der Waals surface area (Å²) in [6, 6.07) is 0. The molecule has 3 nitrogen and oxygen atoms in total. The minimum Gasteiger partial charge on any atom is -0.497 e. The lowest BCUT2D eigenvalue weighted by Crippen LogP contribution is -2.16. The van der Waals surface area contributed by atoms with Crippen LogP contribution in [0.5, 0.6) is 0 Å². The van der Waals surface area contributed by atoms with Crippen molar-refractivity contribution in [2.75, 3.05) is 7.11 Å². The lowest BCUT2D eigenvalue weighted by molar-refractivity contribution is -0.109. The van der Waals surface area contributed by atoms with E-state index in [9.17, 15) is 4.79 Å². The molecule has 11 heavy (non-hydrogen) atoms. The van der Waals surface area contributed by atoms with Crippen molar-refractivity contribution in [3.05, 3.63) is 23.5 Å². The summed E-state index contributed by atoms with van der Waals surface area (Å²) < 4.78 is 4.85. The summed E-state index contributed by atoms with van der Waals surface area (Å²) in [7, 11) is 1.50. The highest BCUT2D eigenvalue weighted by Crippen LogP contribution is 2.11. The van der Waals surface area contributed by atoms with Gasteiger partial charge in [0.1, 0.15) is 11.5 Å². The highest BCUT2D eigenvalue weighted by molar-refractivity contribution is 6.49. The van der Waals surface area contributed by atoms with Crippen molar-refractivity contribution >= 4 is 11.5 Å². The first-order valence-electron chi connectivity index (χ1n) is 3.22. The van der Waals surface area contributed by atoms with Gasteiger partial charge in [0.25, 0.3) is 0 Å². The van der Waals surface area contributed by atoms with Gasteiger partial charge in [-0.15, -0.1) is 0 Å². The third kappa shape index (κ3) is 1.37. The number of carbonyl (C=O) groups excluding carboxylic acids is 1. The van der Waals surface area contributed by atoms with Crippen molar-refractivity contribution in [2.24, 2.45) is 0 Å². The van der Waals surface area contributed by atoms with E-state index in [0.29, 0.717) is 11.3 Å². The number of methoxy groups -OCH3 is 1. The van der Waals surface area contributed by atoms with E-state index in [1.54, 1.807) is 13.0 Å². The van der Waals surface area contributed by atoms with Crippen LogP contribution >= 0.6 is 0 Å². The zero-order valence-electron chi connectivity index (χ0n) is 6.47. The summed E-state index contributed by atoms with van der Waals surface area (Å²) in [4.78, 5) is 11.0. The SMILES string of the molecule is COC1=CC(=O)C(=N)C(C)=C1. The number of allylic oxidation sites excluding steroid dienone is 3. The van der Waals surface area contributed by atoms with Crippen molar-refractivity contribution in [3.63, 3.8) is 0 Å². The molecular weight excluding hydrogens is 142 g/mol. The maximum Gasteiger partial charge on any atom is 0.207 e. The van der Waals surface area contributed by atoms with Gasteiger partial charge in [0.05, 0.1) is 7.11 Å². The molecule has 0 fully saturated rings. The predicted molar refractivity (Wildman–Crippen MR) is 41.6 cm³/mol. The van der Waals surface area contributed by atoms with Crippen molar-refractivity contribution < 1.29 is 9.53 Å². The highest BCUT2D eigenvalue weighted by atomic mass is 16.5. The molecule has 58 valence electrons. The van der Waals surface area contributed by atoms with Crippen LogP contribution in [0, 0.1) is 5.41 Å². The summed E-state index contributed by atoms with van der Waals surface area (Å²) in [6.45, 7) is 1.71. The molecule has 0 bridgehead atoms. The Morgan fingerprint density at radius 1 is 1.45 bits per heavy atom. The Labute approximate surface area is 64.9 Å². The first-order chi connectivity index (χ1) is 5.15. The van der Waals surface area contributed by atoms with Gasteiger partial charge in [-0.05, 0) is 18.6 Å². The van der Waals surface area contributed by atoms with Gasteiger partial charge in [-0.1, -0.05) is 0 Å². The van der Waals surface area contributed by atoms with E-state index >= 15 is 0 Å². The molecule has 0 atom stereocenters. The molecule has 1 aliphatic carbocycles. The van der Waals surface area contributed by atoms with E-state index in [4.69, 9.17) is 10.1 Å². The van der Waals surface area contributed by atoms with Gasteiger partial charge in [-0.25, -0.2) is 0 Å². The van der Waals surface area contributed by atoms with Crippen LogP contribution in [-0.4, -0.2) is 18.6 Å². The van der Waals surface area contributed by atoms with Gasteiger partial charge in [-0.3, -0.25) is 10.2 Å². The molecule has 3 heteroatoms. The topological polar surface area (TPSA) is 50.2 Å². The number of rotatable bonds is 1. The standard InChI is InChI=1S/C8H9NO2/c1-5-3-6(11-2)4-7(10)8(5)9/h3-4,9H,1-2H3. The minimum atomic E-state index is -0.290. The van der Waals surface area contributed by atoms with Crippen LogP contribution in [0.4, 0.5) is 0 Å². The molecule has 0 amide bonds. The lowest BCUT2D eigenvalue weighted by atomic mass is 10.0. The van der Waals surface area contributed by atoms with Crippen molar-refractivity contribution in [1.29, 1.82) is 5.41 Å². The zero-order valence-corrected chi connectivity index (χ0v) is 6.47.